The van der Waals surface area contributed by atoms with Gasteiger partial charge in [0.2, 0.25) is 0 Å². The van der Waals surface area contributed by atoms with E-state index >= 15 is 0 Å². The highest BCUT2D eigenvalue weighted by Crippen LogP contribution is 2.07. The van der Waals surface area contributed by atoms with Gasteiger partial charge < -0.3 is 4.79 Å². The molecule has 15 heavy (non-hydrogen) atoms. The minimum absolute atomic E-state index is 0.323. The van der Waals surface area contributed by atoms with Gasteiger partial charge in [-0.25, -0.2) is 0 Å². The van der Waals surface area contributed by atoms with Crippen LogP contribution in [-0.2, 0) is 4.79 Å². The molecule has 0 N–H and O–H groups in total. The molecule has 0 spiro atoms. The van der Waals surface area contributed by atoms with Crippen LogP contribution in [0.2, 0.25) is 0 Å². The summed E-state index contributed by atoms with van der Waals surface area (Å²) in [5.74, 6) is 0.323. The molecular weight excluding hydrogens is 184 g/mol. The van der Waals surface area contributed by atoms with Gasteiger partial charge in [0.05, 0.1) is 0 Å². The standard InChI is InChI=1S/C14H24O/c1-3-4-5-6-7-8-9-10-11-12-13-14(2)15/h3-6H,7-13H2,1-2H3/b4-3+,6-5-. The Labute approximate surface area is 94.3 Å². The Morgan fingerprint density at radius 3 is 2.33 bits per heavy atom. The van der Waals surface area contributed by atoms with E-state index in [1.54, 1.807) is 6.92 Å². The summed E-state index contributed by atoms with van der Waals surface area (Å²) in [6, 6.07) is 0. The summed E-state index contributed by atoms with van der Waals surface area (Å²) in [6.45, 7) is 3.70. The molecular formula is C14H24O. The molecule has 0 saturated heterocycles. The zero-order chi connectivity index (χ0) is 11.4. The van der Waals surface area contributed by atoms with E-state index in [1.165, 1.54) is 32.1 Å². The molecule has 1 nitrogen and oxygen atoms in total. The number of allylic oxidation sites excluding steroid dienone is 4. The average molecular weight is 208 g/mol. The van der Waals surface area contributed by atoms with E-state index in [2.05, 4.69) is 18.2 Å². The van der Waals surface area contributed by atoms with Crippen LogP contribution in [0.25, 0.3) is 0 Å². The lowest BCUT2D eigenvalue weighted by Crippen LogP contribution is -1.89. The Bertz CT molecular complexity index is 201. The molecule has 86 valence electrons. The second-order valence-corrected chi connectivity index (χ2v) is 3.96. The van der Waals surface area contributed by atoms with Crippen molar-refractivity contribution in [3.8, 4) is 0 Å². The van der Waals surface area contributed by atoms with E-state index in [0.717, 1.165) is 12.8 Å². The third-order valence-corrected chi connectivity index (χ3v) is 2.34. The van der Waals surface area contributed by atoms with E-state index in [-0.39, 0.29) is 0 Å². The second-order valence-electron chi connectivity index (χ2n) is 3.96. The molecule has 0 atom stereocenters. The maximum Gasteiger partial charge on any atom is 0.129 e. The molecule has 0 unspecified atom stereocenters. The molecule has 0 aliphatic heterocycles. The third-order valence-electron chi connectivity index (χ3n) is 2.34. The van der Waals surface area contributed by atoms with Crippen molar-refractivity contribution in [2.45, 2.75) is 58.8 Å². The maximum absolute atomic E-state index is 10.7. The van der Waals surface area contributed by atoms with Crippen molar-refractivity contribution in [3.05, 3.63) is 24.3 Å². The van der Waals surface area contributed by atoms with E-state index in [0.29, 0.717) is 5.78 Å². The Morgan fingerprint density at radius 1 is 1.00 bits per heavy atom. The van der Waals surface area contributed by atoms with Gasteiger partial charge in [-0.3, -0.25) is 0 Å². The lowest BCUT2D eigenvalue weighted by molar-refractivity contribution is -0.117. The summed E-state index contributed by atoms with van der Waals surface area (Å²) in [7, 11) is 0. The first kappa shape index (κ1) is 14.2. The first-order valence-corrected chi connectivity index (χ1v) is 6.04. The van der Waals surface area contributed by atoms with Gasteiger partial charge in [0.1, 0.15) is 5.78 Å². The van der Waals surface area contributed by atoms with Crippen LogP contribution < -0.4 is 0 Å². The predicted molar refractivity (Wildman–Crippen MR) is 67.0 cm³/mol. The van der Waals surface area contributed by atoms with Gasteiger partial charge in [-0.1, -0.05) is 43.6 Å². The number of carbonyl (C=O) groups is 1. The molecule has 0 heterocycles. The van der Waals surface area contributed by atoms with Crippen molar-refractivity contribution in [2.24, 2.45) is 0 Å². The highest BCUT2D eigenvalue weighted by molar-refractivity contribution is 5.75. The number of hydrogen-bond donors (Lipinski definition) is 0. The summed E-state index contributed by atoms with van der Waals surface area (Å²) >= 11 is 0. The smallest absolute Gasteiger partial charge is 0.129 e. The van der Waals surface area contributed by atoms with Crippen molar-refractivity contribution < 1.29 is 4.79 Å². The SMILES string of the molecule is C/C=C/C=C\CCCCCCCC(C)=O. The van der Waals surface area contributed by atoms with Crippen LogP contribution in [0.4, 0.5) is 0 Å². The Balaban J connectivity index is 3.08. The number of unbranched alkanes of at least 4 members (excludes halogenated alkanes) is 5. The monoisotopic (exact) mass is 208 g/mol. The van der Waals surface area contributed by atoms with Crippen molar-refractivity contribution in [3.63, 3.8) is 0 Å². The number of carbonyl (C=O) groups excluding carboxylic acids is 1. The number of Topliss-reactive ketones (excluding diaryl/α,β-unsaturated/α-hetero) is 1. The summed E-state index contributed by atoms with van der Waals surface area (Å²) < 4.78 is 0. The minimum atomic E-state index is 0.323. The van der Waals surface area contributed by atoms with Crippen LogP contribution in [0.5, 0.6) is 0 Å². The van der Waals surface area contributed by atoms with Gasteiger partial charge in [0, 0.05) is 6.42 Å². The van der Waals surface area contributed by atoms with Crippen molar-refractivity contribution in [2.75, 3.05) is 0 Å². The summed E-state index contributed by atoms with van der Waals surface area (Å²) in [6.07, 6.45) is 16.5. The fraction of sp³-hybridized carbons (Fsp3) is 0.643. The maximum atomic E-state index is 10.7. The van der Waals surface area contributed by atoms with Crippen LogP contribution >= 0.6 is 0 Å². The lowest BCUT2D eigenvalue weighted by Gasteiger charge is -1.98. The molecule has 0 fully saturated rings. The Morgan fingerprint density at radius 2 is 1.67 bits per heavy atom. The van der Waals surface area contributed by atoms with Gasteiger partial charge in [0.25, 0.3) is 0 Å². The van der Waals surface area contributed by atoms with Gasteiger partial charge >= 0.3 is 0 Å². The molecule has 0 radical (unpaired) electrons. The van der Waals surface area contributed by atoms with Crippen molar-refractivity contribution >= 4 is 5.78 Å². The summed E-state index contributed by atoms with van der Waals surface area (Å²) in [4.78, 5) is 10.7. The summed E-state index contributed by atoms with van der Waals surface area (Å²) in [5.41, 5.74) is 0. The molecule has 1 heteroatoms. The third kappa shape index (κ3) is 13.2. The van der Waals surface area contributed by atoms with Crippen molar-refractivity contribution in [1.82, 2.24) is 0 Å². The predicted octanol–water partition coefficient (Wildman–Crippen LogP) is 4.44. The molecule has 0 rings (SSSR count). The van der Waals surface area contributed by atoms with Crippen LogP contribution in [0.15, 0.2) is 24.3 Å². The Kier molecular flexibility index (Phi) is 10.6. The van der Waals surface area contributed by atoms with Crippen LogP contribution in [0.1, 0.15) is 58.8 Å². The highest BCUT2D eigenvalue weighted by atomic mass is 16.1. The molecule has 0 saturated carbocycles. The molecule has 0 aliphatic carbocycles. The van der Waals surface area contributed by atoms with Gasteiger partial charge in [0.15, 0.2) is 0 Å². The van der Waals surface area contributed by atoms with E-state index < -0.39 is 0 Å². The van der Waals surface area contributed by atoms with Crippen LogP contribution in [0, 0.1) is 0 Å². The van der Waals surface area contributed by atoms with E-state index in [1.807, 2.05) is 13.0 Å². The Hall–Kier alpha value is -0.850. The minimum Gasteiger partial charge on any atom is -0.300 e. The normalized spacial score (nSPS) is 11.6. The molecule has 0 aromatic rings. The molecule has 0 aliphatic rings. The number of rotatable bonds is 9. The number of ketones is 1. The fourth-order valence-electron chi connectivity index (χ4n) is 1.45. The van der Waals surface area contributed by atoms with Crippen LogP contribution in [0.3, 0.4) is 0 Å². The first-order chi connectivity index (χ1) is 7.27. The molecule has 0 bridgehead atoms. The number of hydrogen-bond acceptors (Lipinski definition) is 1. The fourth-order valence-corrected chi connectivity index (χ4v) is 1.45. The first-order valence-electron chi connectivity index (χ1n) is 6.04. The topological polar surface area (TPSA) is 17.1 Å². The van der Waals surface area contributed by atoms with Gasteiger partial charge in [-0.15, -0.1) is 0 Å². The zero-order valence-corrected chi connectivity index (χ0v) is 10.2. The van der Waals surface area contributed by atoms with Gasteiger partial charge in [-0.2, -0.15) is 0 Å². The van der Waals surface area contributed by atoms with E-state index in [4.69, 9.17) is 0 Å². The van der Waals surface area contributed by atoms with E-state index in [9.17, 15) is 4.79 Å². The largest absolute Gasteiger partial charge is 0.300 e. The molecule has 0 amide bonds. The van der Waals surface area contributed by atoms with Crippen LogP contribution in [-0.4, -0.2) is 5.78 Å². The summed E-state index contributed by atoms with van der Waals surface area (Å²) in [5, 5.41) is 0. The lowest BCUT2D eigenvalue weighted by atomic mass is 10.1. The second kappa shape index (κ2) is 11.2. The quantitative estimate of drug-likeness (QED) is 0.404. The van der Waals surface area contributed by atoms with Crippen molar-refractivity contribution in [1.29, 1.82) is 0 Å². The average Bonchev–Trinajstić information content (AvgIpc) is 2.20. The molecule has 0 aromatic carbocycles. The highest BCUT2D eigenvalue weighted by Gasteiger charge is 1.93. The van der Waals surface area contributed by atoms with Gasteiger partial charge in [-0.05, 0) is 33.1 Å². The molecule has 0 aromatic heterocycles. The zero-order valence-electron chi connectivity index (χ0n) is 10.2.